The van der Waals surface area contributed by atoms with Crippen molar-refractivity contribution < 1.29 is 8.42 Å². The van der Waals surface area contributed by atoms with Crippen LogP contribution < -0.4 is 0 Å². The first kappa shape index (κ1) is 14.6. The van der Waals surface area contributed by atoms with Crippen LogP contribution in [0.2, 0.25) is 0 Å². The number of nitrogens with zero attached hydrogens (tertiary/aromatic N) is 1. The van der Waals surface area contributed by atoms with Crippen molar-refractivity contribution in [2.45, 2.75) is 18.2 Å². The van der Waals surface area contributed by atoms with Crippen LogP contribution in [0.4, 0.5) is 0 Å². The zero-order valence-electron chi connectivity index (χ0n) is 12.3. The fourth-order valence-electron chi connectivity index (χ4n) is 2.61. The van der Waals surface area contributed by atoms with Gasteiger partial charge in [-0.2, -0.15) is 0 Å². The molecule has 0 amide bonds. The first-order valence-electron chi connectivity index (χ1n) is 7.21. The molecule has 0 bridgehead atoms. The molecule has 0 radical (unpaired) electrons. The van der Waals surface area contributed by atoms with Crippen LogP contribution in [0.25, 0.3) is 11.1 Å². The van der Waals surface area contributed by atoms with Crippen molar-refractivity contribution >= 4 is 10.0 Å². The second kappa shape index (κ2) is 5.81. The highest BCUT2D eigenvalue weighted by Crippen LogP contribution is 2.28. The van der Waals surface area contributed by atoms with Gasteiger partial charge in [0.25, 0.3) is 10.0 Å². The minimum atomic E-state index is -3.55. The quantitative estimate of drug-likeness (QED) is 0.731. The Balaban J connectivity index is 2.16. The SMILES string of the molecule is CCc1c(-c2ccccc2)ccn1S(=O)(=O)c1ccccc1. The van der Waals surface area contributed by atoms with Crippen LogP contribution in [0.1, 0.15) is 12.6 Å². The van der Waals surface area contributed by atoms with Crippen molar-refractivity contribution in [1.82, 2.24) is 3.97 Å². The molecule has 0 aliphatic heterocycles. The fourth-order valence-corrected chi connectivity index (χ4v) is 4.07. The Morgan fingerprint density at radius 3 is 2.05 bits per heavy atom. The van der Waals surface area contributed by atoms with Crippen LogP contribution in [0, 0.1) is 0 Å². The second-order valence-electron chi connectivity index (χ2n) is 5.01. The Kier molecular flexibility index (Phi) is 3.86. The maximum atomic E-state index is 12.8. The van der Waals surface area contributed by atoms with Gasteiger partial charge >= 0.3 is 0 Å². The molecule has 3 aromatic rings. The van der Waals surface area contributed by atoms with E-state index in [-0.39, 0.29) is 0 Å². The minimum absolute atomic E-state index is 0.305. The van der Waals surface area contributed by atoms with Gasteiger partial charge < -0.3 is 0 Å². The summed E-state index contributed by atoms with van der Waals surface area (Å²) in [6.45, 7) is 1.97. The number of hydrogen-bond donors (Lipinski definition) is 0. The van der Waals surface area contributed by atoms with Gasteiger partial charge in [-0.15, -0.1) is 0 Å². The molecule has 0 saturated carbocycles. The lowest BCUT2D eigenvalue weighted by molar-refractivity contribution is 0.585. The minimum Gasteiger partial charge on any atom is -0.245 e. The predicted octanol–water partition coefficient (Wildman–Crippen LogP) is 3.95. The first-order valence-corrected chi connectivity index (χ1v) is 8.65. The molecule has 112 valence electrons. The summed E-state index contributed by atoms with van der Waals surface area (Å²) in [4.78, 5) is 0.305. The summed E-state index contributed by atoms with van der Waals surface area (Å²) in [6, 6.07) is 20.2. The summed E-state index contributed by atoms with van der Waals surface area (Å²) in [5.74, 6) is 0. The third-order valence-electron chi connectivity index (χ3n) is 3.67. The topological polar surface area (TPSA) is 39.1 Å². The van der Waals surface area contributed by atoms with Crippen molar-refractivity contribution in [2.75, 3.05) is 0 Å². The van der Waals surface area contributed by atoms with Crippen LogP contribution in [0.15, 0.2) is 77.8 Å². The lowest BCUT2D eigenvalue weighted by atomic mass is 10.1. The van der Waals surface area contributed by atoms with Gasteiger partial charge in [-0.05, 0) is 30.2 Å². The highest BCUT2D eigenvalue weighted by atomic mass is 32.2. The van der Waals surface area contributed by atoms with E-state index in [9.17, 15) is 8.42 Å². The summed E-state index contributed by atoms with van der Waals surface area (Å²) < 4.78 is 27.0. The molecule has 0 spiro atoms. The Morgan fingerprint density at radius 2 is 1.45 bits per heavy atom. The molecule has 0 fully saturated rings. The van der Waals surface area contributed by atoms with E-state index >= 15 is 0 Å². The van der Waals surface area contributed by atoms with Gasteiger partial charge in [-0.1, -0.05) is 55.5 Å². The van der Waals surface area contributed by atoms with Crippen LogP contribution in [-0.4, -0.2) is 12.4 Å². The molecule has 0 N–H and O–H groups in total. The summed E-state index contributed by atoms with van der Waals surface area (Å²) in [5, 5.41) is 0. The third-order valence-corrected chi connectivity index (χ3v) is 5.40. The van der Waals surface area contributed by atoms with Crippen LogP contribution in [0.3, 0.4) is 0 Å². The maximum absolute atomic E-state index is 12.8. The van der Waals surface area contributed by atoms with Crippen molar-refractivity contribution in [3.63, 3.8) is 0 Å². The smallest absolute Gasteiger partial charge is 0.245 e. The molecule has 0 unspecified atom stereocenters. The lowest BCUT2D eigenvalue weighted by Crippen LogP contribution is -2.14. The largest absolute Gasteiger partial charge is 0.267 e. The molecule has 0 aliphatic carbocycles. The van der Waals surface area contributed by atoms with Crippen molar-refractivity contribution in [1.29, 1.82) is 0 Å². The molecule has 2 aromatic carbocycles. The zero-order valence-corrected chi connectivity index (χ0v) is 13.1. The molecule has 3 nitrogen and oxygen atoms in total. The maximum Gasteiger partial charge on any atom is 0.267 e. The van der Waals surface area contributed by atoms with Gasteiger partial charge in [-0.3, -0.25) is 0 Å². The van der Waals surface area contributed by atoms with E-state index in [4.69, 9.17) is 0 Å². The molecule has 0 atom stereocenters. The van der Waals surface area contributed by atoms with Crippen molar-refractivity contribution in [3.8, 4) is 11.1 Å². The summed E-state index contributed by atoms with van der Waals surface area (Å²) >= 11 is 0. The molecular formula is C18H17NO2S. The Hall–Kier alpha value is -2.33. The molecular weight excluding hydrogens is 294 g/mol. The average molecular weight is 311 g/mol. The number of aromatic nitrogens is 1. The summed E-state index contributed by atoms with van der Waals surface area (Å²) in [5.41, 5.74) is 2.79. The van der Waals surface area contributed by atoms with Gasteiger partial charge in [0.2, 0.25) is 0 Å². The van der Waals surface area contributed by atoms with Crippen LogP contribution >= 0.6 is 0 Å². The predicted molar refractivity (Wildman–Crippen MR) is 88.3 cm³/mol. The van der Waals surface area contributed by atoms with Gasteiger partial charge in [0.15, 0.2) is 0 Å². The second-order valence-corrected chi connectivity index (χ2v) is 6.82. The van der Waals surface area contributed by atoms with E-state index in [0.717, 1.165) is 16.8 Å². The van der Waals surface area contributed by atoms with Gasteiger partial charge in [0.05, 0.1) is 4.90 Å². The lowest BCUT2D eigenvalue weighted by Gasteiger charge is -2.11. The number of hydrogen-bond acceptors (Lipinski definition) is 2. The van der Waals surface area contributed by atoms with Gasteiger partial charge in [0, 0.05) is 17.5 Å². The summed E-state index contributed by atoms with van der Waals surface area (Å²) in [6.07, 6.45) is 2.28. The van der Waals surface area contributed by atoms with Gasteiger partial charge in [-0.25, -0.2) is 12.4 Å². The average Bonchev–Trinajstić information content (AvgIpc) is 3.01. The van der Waals surface area contributed by atoms with E-state index in [1.54, 1.807) is 30.5 Å². The van der Waals surface area contributed by atoms with E-state index in [0.29, 0.717) is 11.3 Å². The molecule has 4 heteroatoms. The van der Waals surface area contributed by atoms with E-state index in [1.165, 1.54) is 3.97 Å². The first-order chi connectivity index (χ1) is 10.6. The third kappa shape index (κ3) is 2.46. The molecule has 3 rings (SSSR count). The Labute approximate surface area is 130 Å². The standard InChI is InChI=1S/C18H17NO2S/c1-2-18-17(15-9-5-3-6-10-15)13-14-19(18)22(20,21)16-11-7-4-8-12-16/h3-14H,2H2,1H3. The van der Waals surface area contributed by atoms with E-state index in [1.807, 2.05) is 49.4 Å². The van der Waals surface area contributed by atoms with Crippen LogP contribution in [0.5, 0.6) is 0 Å². The Bertz CT molecular complexity index is 866. The molecule has 1 aromatic heterocycles. The molecule has 22 heavy (non-hydrogen) atoms. The molecule has 0 saturated heterocycles. The highest BCUT2D eigenvalue weighted by Gasteiger charge is 2.21. The van der Waals surface area contributed by atoms with E-state index in [2.05, 4.69) is 0 Å². The monoisotopic (exact) mass is 311 g/mol. The number of rotatable bonds is 4. The fraction of sp³-hybridized carbons (Fsp3) is 0.111. The number of benzene rings is 2. The normalized spacial score (nSPS) is 11.5. The Morgan fingerprint density at radius 1 is 0.864 bits per heavy atom. The highest BCUT2D eigenvalue weighted by molar-refractivity contribution is 7.90. The van der Waals surface area contributed by atoms with Crippen LogP contribution in [-0.2, 0) is 16.4 Å². The van der Waals surface area contributed by atoms with Crippen molar-refractivity contribution in [2.24, 2.45) is 0 Å². The zero-order chi connectivity index (χ0) is 15.6. The van der Waals surface area contributed by atoms with E-state index < -0.39 is 10.0 Å². The van der Waals surface area contributed by atoms with Crippen molar-refractivity contribution in [3.05, 3.63) is 78.6 Å². The molecule has 1 heterocycles. The van der Waals surface area contributed by atoms with Gasteiger partial charge in [0.1, 0.15) is 0 Å². The molecule has 0 aliphatic rings. The summed E-state index contributed by atoms with van der Waals surface area (Å²) in [7, 11) is -3.55.